The number of nitrogens with zero attached hydrogens (tertiary/aromatic N) is 5. The Morgan fingerprint density at radius 2 is 0.651 bits per heavy atom. The molecule has 298 valence electrons. The van der Waals surface area contributed by atoms with Crippen LogP contribution >= 0.6 is 0 Å². The topological polar surface area (TPSA) is 64.5 Å². The van der Waals surface area contributed by atoms with E-state index in [2.05, 4.69) is 184 Å². The highest BCUT2D eigenvalue weighted by atomic mass is 15.0. The molecule has 0 aliphatic heterocycles. The average Bonchev–Trinajstić information content (AvgIpc) is 3.59. The Balaban J connectivity index is 0.986. The van der Waals surface area contributed by atoms with Gasteiger partial charge in [-0.15, -0.1) is 0 Å². The Kier molecular flexibility index (Phi) is 9.43. The lowest BCUT2D eigenvalue weighted by Crippen LogP contribution is -2.15. The highest BCUT2D eigenvalue weighted by molar-refractivity contribution is 5.84. The van der Waals surface area contributed by atoms with E-state index in [9.17, 15) is 0 Å². The number of rotatable bonds is 8. The lowest BCUT2D eigenvalue weighted by Gasteiger charge is -2.21. The van der Waals surface area contributed by atoms with Crippen LogP contribution in [0.25, 0.3) is 101 Å². The maximum atomic E-state index is 5.22. The fourth-order valence-electron chi connectivity index (χ4n) is 8.84. The number of fused-ring (bicyclic) bond motifs is 3. The van der Waals surface area contributed by atoms with Gasteiger partial charge in [-0.25, -0.2) is 24.9 Å². The van der Waals surface area contributed by atoms with Crippen LogP contribution < -0.4 is 0 Å². The van der Waals surface area contributed by atoms with Crippen LogP contribution in [0.5, 0.6) is 0 Å². The van der Waals surface area contributed by atoms with Crippen molar-refractivity contribution in [1.29, 1.82) is 0 Å². The third-order valence-electron chi connectivity index (χ3n) is 12.1. The molecule has 0 bridgehead atoms. The van der Waals surface area contributed by atoms with Gasteiger partial charge in [-0.3, -0.25) is 0 Å². The molecule has 0 amide bonds. The molecule has 2 aromatic heterocycles. The Hall–Kier alpha value is -8.15. The zero-order chi connectivity index (χ0) is 42.3. The van der Waals surface area contributed by atoms with Gasteiger partial charge in [0.1, 0.15) is 0 Å². The highest BCUT2D eigenvalue weighted by Gasteiger charge is 2.35. The first-order valence-electron chi connectivity index (χ1n) is 21.3. The molecule has 11 rings (SSSR count). The van der Waals surface area contributed by atoms with Crippen LogP contribution in [0, 0.1) is 0 Å². The predicted octanol–water partition coefficient (Wildman–Crippen LogP) is 14.3. The molecule has 0 unspecified atom stereocenters. The van der Waals surface area contributed by atoms with Gasteiger partial charge in [0, 0.05) is 38.8 Å². The largest absolute Gasteiger partial charge is 0.228 e. The second-order valence-electron chi connectivity index (χ2n) is 16.5. The first-order valence-corrected chi connectivity index (χ1v) is 21.3. The summed E-state index contributed by atoms with van der Waals surface area (Å²) >= 11 is 0. The summed E-state index contributed by atoms with van der Waals surface area (Å²) in [6, 6.07) is 73.8. The molecular weight excluding hydrogens is 767 g/mol. The van der Waals surface area contributed by atoms with E-state index in [0.717, 1.165) is 67.0 Å². The van der Waals surface area contributed by atoms with Crippen molar-refractivity contribution in [2.75, 3.05) is 0 Å². The van der Waals surface area contributed by atoms with Crippen LogP contribution in [-0.4, -0.2) is 24.9 Å². The van der Waals surface area contributed by atoms with Crippen molar-refractivity contribution >= 4 is 0 Å². The van der Waals surface area contributed by atoms with Gasteiger partial charge in [0.05, 0.1) is 11.4 Å². The Labute approximate surface area is 367 Å². The first kappa shape index (κ1) is 37.8. The SMILES string of the molecule is CC1(C)c2ccccc2-c2ccc(-c3nc(-c4ccccc4)nc(-c4cccc(-c5cccc(-c6cc(-c7ccccc7)nc(-c7cccc(-c8ccccc8)c7)n6)c5)c4)n3)cc21. The number of benzene rings is 8. The van der Waals surface area contributed by atoms with E-state index in [1.807, 2.05) is 42.5 Å². The summed E-state index contributed by atoms with van der Waals surface area (Å²) in [6.45, 7) is 4.60. The predicted molar refractivity (Wildman–Crippen MR) is 256 cm³/mol. The second-order valence-corrected chi connectivity index (χ2v) is 16.5. The van der Waals surface area contributed by atoms with E-state index in [-0.39, 0.29) is 5.41 Å². The third kappa shape index (κ3) is 7.19. The molecule has 0 saturated carbocycles. The summed E-state index contributed by atoms with van der Waals surface area (Å²) in [4.78, 5) is 25.7. The fraction of sp³-hybridized carbons (Fsp3) is 0.0517. The van der Waals surface area contributed by atoms with Gasteiger partial charge in [0.2, 0.25) is 0 Å². The lowest BCUT2D eigenvalue weighted by atomic mass is 9.82. The Morgan fingerprint density at radius 1 is 0.254 bits per heavy atom. The zero-order valence-corrected chi connectivity index (χ0v) is 34.9. The van der Waals surface area contributed by atoms with Crippen molar-refractivity contribution in [1.82, 2.24) is 24.9 Å². The van der Waals surface area contributed by atoms with Crippen LogP contribution in [0.2, 0.25) is 0 Å². The van der Waals surface area contributed by atoms with Crippen molar-refractivity contribution in [3.05, 3.63) is 223 Å². The van der Waals surface area contributed by atoms with Gasteiger partial charge in [-0.2, -0.15) is 0 Å². The third-order valence-corrected chi connectivity index (χ3v) is 12.1. The monoisotopic (exact) mass is 807 g/mol. The maximum Gasteiger partial charge on any atom is 0.164 e. The molecule has 10 aromatic rings. The zero-order valence-electron chi connectivity index (χ0n) is 34.9. The quantitative estimate of drug-likeness (QED) is 0.153. The van der Waals surface area contributed by atoms with Crippen LogP contribution in [-0.2, 0) is 5.41 Å². The van der Waals surface area contributed by atoms with E-state index in [1.54, 1.807) is 0 Å². The molecule has 0 fully saturated rings. The molecule has 0 saturated heterocycles. The Bertz CT molecular complexity index is 3310. The van der Waals surface area contributed by atoms with Crippen molar-refractivity contribution in [3.63, 3.8) is 0 Å². The minimum atomic E-state index is -0.146. The van der Waals surface area contributed by atoms with Gasteiger partial charge >= 0.3 is 0 Å². The molecule has 5 nitrogen and oxygen atoms in total. The summed E-state index contributed by atoms with van der Waals surface area (Å²) in [5, 5.41) is 0. The molecule has 0 radical (unpaired) electrons. The van der Waals surface area contributed by atoms with Crippen molar-refractivity contribution in [2.24, 2.45) is 0 Å². The molecule has 1 aliphatic rings. The number of aromatic nitrogens is 5. The van der Waals surface area contributed by atoms with Crippen LogP contribution in [0.4, 0.5) is 0 Å². The van der Waals surface area contributed by atoms with Gasteiger partial charge < -0.3 is 0 Å². The van der Waals surface area contributed by atoms with Gasteiger partial charge in [0.25, 0.3) is 0 Å². The standard InChI is InChI=1S/C58H41N5/c1-58(2)50-30-13-12-29-48(50)49-32-31-47(36-51(49)58)57-62-54(40-21-10-5-11-22-40)61-56(63-57)46-28-16-25-43(35-46)42-24-14-26-44(33-42)53-37-52(39-19-8-4-9-20-39)59-55(60-53)45-27-15-23-41(34-45)38-17-6-3-7-18-38/h3-37H,1-2H3. The van der Waals surface area contributed by atoms with E-state index in [4.69, 9.17) is 24.9 Å². The van der Waals surface area contributed by atoms with Crippen molar-refractivity contribution in [2.45, 2.75) is 19.3 Å². The van der Waals surface area contributed by atoms with Gasteiger partial charge in [-0.1, -0.05) is 196 Å². The lowest BCUT2D eigenvalue weighted by molar-refractivity contribution is 0.660. The molecule has 2 heterocycles. The molecule has 0 N–H and O–H groups in total. The van der Waals surface area contributed by atoms with Crippen LogP contribution in [0.1, 0.15) is 25.0 Å². The van der Waals surface area contributed by atoms with Gasteiger partial charge in [-0.05, 0) is 74.8 Å². The average molecular weight is 808 g/mol. The second kappa shape index (κ2) is 15.7. The molecule has 1 aliphatic carbocycles. The van der Waals surface area contributed by atoms with Crippen molar-refractivity contribution < 1.29 is 0 Å². The molecule has 5 heteroatoms. The summed E-state index contributed by atoms with van der Waals surface area (Å²) in [5.74, 6) is 2.57. The minimum Gasteiger partial charge on any atom is -0.228 e. The molecule has 0 spiro atoms. The fourth-order valence-corrected chi connectivity index (χ4v) is 8.84. The first-order chi connectivity index (χ1) is 30.9. The van der Waals surface area contributed by atoms with E-state index < -0.39 is 0 Å². The van der Waals surface area contributed by atoms with E-state index in [0.29, 0.717) is 23.3 Å². The summed E-state index contributed by atoms with van der Waals surface area (Å²) in [5.41, 5.74) is 16.9. The van der Waals surface area contributed by atoms with Crippen LogP contribution in [0.3, 0.4) is 0 Å². The van der Waals surface area contributed by atoms with Gasteiger partial charge in [0.15, 0.2) is 23.3 Å². The smallest absolute Gasteiger partial charge is 0.164 e. The van der Waals surface area contributed by atoms with Crippen molar-refractivity contribution in [3.8, 4) is 101 Å². The molecule has 63 heavy (non-hydrogen) atoms. The summed E-state index contributed by atoms with van der Waals surface area (Å²) in [6.07, 6.45) is 0. The van der Waals surface area contributed by atoms with E-state index >= 15 is 0 Å². The normalized spacial score (nSPS) is 12.4. The van der Waals surface area contributed by atoms with Crippen LogP contribution in [0.15, 0.2) is 212 Å². The highest BCUT2D eigenvalue weighted by Crippen LogP contribution is 2.49. The molecule has 0 atom stereocenters. The molecular formula is C58H41N5. The summed E-state index contributed by atoms with van der Waals surface area (Å²) < 4.78 is 0. The maximum absolute atomic E-state index is 5.22. The summed E-state index contributed by atoms with van der Waals surface area (Å²) in [7, 11) is 0. The Morgan fingerprint density at radius 3 is 1.27 bits per heavy atom. The number of hydrogen-bond donors (Lipinski definition) is 0. The minimum absolute atomic E-state index is 0.146. The van der Waals surface area contributed by atoms with E-state index in [1.165, 1.54) is 22.3 Å². The number of hydrogen-bond acceptors (Lipinski definition) is 5. The molecule has 8 aromatic carbocycles.